The summed E-state index contributed by atoms with van der Waals surface area (Å²) in [5.41, 5.74) is 13.0. The average molecular weight is 472 g/mol. The van der Waals surface area contributed by atoms with E-state index in [0.717, 1.165) is 20.1 Å². The van der Waals surface area contributed by atoms with E-state index < -0.39 is 20.3 Å². The largest absolute Gasteiger partial charge is 1.00 e. The number of aryl methyl sites for hydroxylation is 2. The van der Waals surface area contributed by atoms with Crippen molar-refractivity contribution in [3.05, 3.63) is 80.9 Å². The Balaban J connectivity index is 0.00000120. The van der Waals surface area contributed by atoms with E-state index in [1.807, 2.05) is 0 Å². The minimum atomic E-state index is -2.35. The Bertz CT molecular complexity index is 920. The maximum atomic E-state index is 2.55. The normalized spacial score (nSPS) is 21.5. The number of halogens is 2. The van der Waals surface area contributed by atoms with Gasteiger partial charge in [-0.15, -0.1) is 0 Å². The van der Waals surface area contributed by atoms with Gasteiger partial charge in [0.25, 0.3) is 0 Å². The van der Waals surface area contributed by atoms with Gasteiger partial charge in [-0.3, -0.25) is 0 Å². The van der Waals surface area contributed by atoms with Crippen molar-refractivity contribution in [2.75, 3.05) is 0 Å². The Morgan fingerprint density at radius 3 is 1.48 bits per heavy atom. The molecule has 5 rings (SSSR count). The fraction of sp³-hybridized carbons (Fsp3) is 0.385. The number of fused-ring (bicyclic) bond motifs is 2. The van der Waals surface area contributed by atoms with Crippen LogP contribution in [0.3, 0.4) is 0 Å². The molecule has 2 aliphatic carbocycles. The summed E-state index contributed by atoms with van der Waals surface area (Å²) >= 11 is -2.35. The molecule has 0 nitrogen and oxygen atoms in total. The van der Waals surface area contributed by atoms with Crippen LogP contribution in [0.1, 0.15) is 68.3 Å². The third kappa shape index (κ3) is 3.16. The van der Waals surface area contributed by atoms with Crippen molar-refractivity contribution in [1.82, 2.24) is 0 Å². The van der Waals surface area contributed by atoms with Crippen molar-refractivity contribution >= 4 is 12.2 Å². The van der Waals surface area contributed by atoms with Crippen LogP contribution in [0.2, 0.25) is 8.26 Å². The van der Waals surface area contributed by atoms with E-state index in [9.17, 15) is 0 Å². The van der Waals surface area contributed by atoms with Crippen LogP contribution < -0.4 is 9.41 Å². The first-order valence-corrected chi connectivity index (χ1v) is 17.0. The molecule has 2 atom stereocenters. The first-order valence-electron chi connectivity index (χ1n) is 10.7. The third-order valence-electron chi connectivity index (χ3n) is 7.48. The van der Waals surface area contributed by atoms with Crippen molar-refractivity contribution < 1.29 is 29.7 Å². The quantitative estimate of drug-likeness (QED) is 0.633. The molecule has 0 bridgehead atoms. The molecule has 0 aromatic heterocycles. The van der Waals surface area contributed by atoms with Crippen LogP contribution in [0.4, 0.5) is 0 Å². The zero-order valence-corrected chi connectivity index (χ0v) is 20.3. The number of benzene rings is 2. The molecule has 1 aliphatic heterocycles. The fourth-order valence-electron chi connectivity index (χ4n) is 6.27. The molecule has 0 N–H and O–H groups in total. The Morgan fingerprint density at radius 1 is 0.724 bits per heavy atom. The smallest absolute Gasteiger partial charge is 1.00 e. The van der Waals surface area contributed by atoms with Crippen LogP contribution in [0.15, 0.2) is 47.5 Å². The van der Waals surface area contributed by atoms with Crippen molar-refractivity contribution in [1.29, 1.82) is 0 Å². The summed E-state index contributed by atoms with van der Waals surface area (Å²) < 4.78 is 4.72. The van der Waals surface area contributed by atoms with E-state index >= 15 is 0 Å². The summed E-state index contributed by atoms with van der Waals surface area (Å²) in [7, 11) is 0. The van der Waals surface area contributed by atoms with Crippen LogP contribution in [0, 0.1) is 0 Å². The molecule has 2 aromatic carbocycles. The molecule has 0 spiro atoms. The van der Waals surface area contributed by atoms with Crippen LogP contribution in [0.5, 0.6) is 0 Å². The van der Waals surface area contributed by atoms with Gasteiger partial charge in [-0.2, -0.15) is 0 Å². The van der Waals surface area contributed by atoms with Gasteiger partial charge in [0.2, 0.25) is 0 Å². The van der Waals surface area contributed by atoms with Gasteiger partial charge < -0.3 is 9.41 Å². The molecule has 152 valence electrons. The van der Waals surface area contributed by atoms with Gasteiger partial charge in [0, 0.05) is 0 Å². The first-order chi connectivity index (χ1) is 13.1. The van der Waals surface area contributed by atoms with Gasteiger partial charge in [0.15, 0.2) is 0 Å². The maximum Gasteiger partial charge on any atom is -1.00 e. The third-order valence-corrected chi connectivity index (χ3v) is 21.0. The predicted molar refractivity (Wildman–Crippen MR) is 114 cm³/mol. The van der Waals surface area contributed by atoms with Crippen molar-refractivity contribution in [2.45, 2.75) is 56.0 Å². The number of hydrogen-bond acceptors (Lipinski definition) is 0. The van der Waals surface area contributed by atoms with Crippen molar-refractivity contribution in [3.8, 4) is 0 Å². The summed E-state index contributed by atoms with van der Waals surface area (Å²) in [6.45, 7) is 9.46. The summed E-state index contributed by atoms with van der Waals surface area (Å²) in [6.07, 6.45) is 7.39. The van der Waals surface area contributed by atoms with Crippen LogP contribution in [-0.4, -0.2) is 0 Å². The Kier molecular flexibility index (Phi) is 6.22. The monoisotopic (exact) mass is 470 g/mol. The van der Waals surface area contributed by atoms with Crippen LogP contribution >= 0.6 is 0 Å². The summed E-state index contributed by atoms with van der Waals surface area (Å²) in [5, 5.41) is 0. The van der Waals surface area contributed by atoms with E-state index in [-0.39, 0.29) is 9.41 Å². The van der Waals surface area contributed by atoms with Crippen LogP contribution in [-0.2, 0) is 33.1 Å². The molecule has 29 heavy (non-hydrogen) atoms. The summed E-state index contributed by atoms with van der Waals surface area (Å²) in [6, 6.07) is 14.2. The maximum absolute atomic E-state index is 2.55. The molecule has 3 aliphatic rings. The fourth-order valence-corrected chi connectivity index (χ4v) is 24.0. The van der Waals surface area contributed by atoms with Gasteiger partial charge in [0.05, 0.1) is 0 Å². The van der Waals surface area contributed by atoms with Crippen LogP contribution in [0.25, 0.3) is 12.2 Å². The van der Waals surface area contributed by atoms with E-state index in [1.54, 1.807) is 52.8 Å². The van der Waals surface area contributed by atoms with Gasteiger partial charge in [-0.25, -0.2) is 0 Å². The number of rotatable bonds is 4. The minimum Gasteiger partial charge on any atom is -1.00 e. The second-order valence-corrected chi connectivity index (χ2v) is 20.3. The molecular formula is C26H30F2Zr. The molecule has 2 unspecified atom stereocenters. The molecule has 2 aromatic rings. The molecule has 1 saturated heterocycles. The van der Waals surface area contributed by atoms with E-state index in [2.05, 4.69) is 76.2 Å². The van der Waals surface area contributed by atoms with Gasteiger partial charge >= 0.3 is 169 Å². The first kappa shape index (κ1) is 22.4. The number of allylic oxidation sites excluding steroid dienone is 2. The van der Waals surface area contributed by atoms with Crippen molar-refractivity contribution in [3.63, 3.8) is 0 Å². The molecule has 0 saturated carbocycles. The standard InChI is InChI=1S/2C12H13.C2H4.2FH.Zr/c2*1-3-10-5-4-6-11-7-9(2)8-12(10)11;1-2;;;/h2*4-8H,3H2,1-2H3;1-2H2;2*1H;/q;;;;;+2/p-2. The summed E-state index contributed by atoms with van der Waals surface area (Å²) in [4.78, 5) is 0. The summed E-state index contributed by atoms with van der Waals surface area (Å²) in [5.74, 6) is 0. The van der Waals surface area contributed by atoms with E-state index in [0.29, 0.717) is 0 Å². The average Bonchev–Trinajstić information content (AvgIpc) is 3.25. The zero-order valence-electron chi connectivity index (χ0n) is 17.9. The molecule has 1 fully saturated rings. The molecule has 0 amide bonds. The van der Waals surface area contributed by atoms with E-state index in [4.69, 9.17) is 0 Å². The van der Waals surface area contributed by atoms with Gasteiger partial charge in [0.1, 0.15) is 0 Å². The van der Waals surface area contributed by atoms with Crippen molar-refractivity contribution in [2.24, 2.45) is 0 Å². The minimum absolute atomic E-state index is 0. The molecule has 0 radical (unpaired) electrons. The van der Waals surface area contributed by atoms with Gasteiger partial charge in [-0.05, 0) is 0 Å². The second-order valence-electron chi connectivity index (χ2n) is 8.92. The molecular weight excluding hydrogens is 442 g/mol. The van der Waals surface area contributed by atoms with Gasteiger partial charge in [-0.1, -0.05) is 0 Å². The second kappa shape index (κ2) is 8.06. The zero-order chi connectivity index (χ0) is 18.8. The number of hydrogen-bond donors (Lipinski definition) is 0. The Hall–Kier alpha value is -1.34. The molecule has 1 heterocycles. The molecule has 3 heteroatoms. The predicted octanol–water partition coefficient (Wildman–Crippen LogP) is 1.44. The van der Waals surface area contributed by atoms with E-state index in [1.165, 1.54) is 0 Å². The topological polar surface area (TPSA) is 0 Å². The Morgan fingerprint density at radius 2 is 1.14 bits per heavy atom. The Labute approximate surface area is 178 Å². The SMILES string of the molecule is CCc1cccc2c1C=C(C)[CH]2[Zr+2]1([CH]2C(C)=Cc3c(CC)cccc32)[CH2][CH2]1.[F-].[F-].